The van der Waals surface area contributed by atoms with Crippen LogP contribution in [0.5, 0.6) is 0 Å². The Morgan fingerprint density at radius 2 is 1.94 bits per heavy atom. The Hall–Kier alpha value is -0.910. The van der Waals surface area contributed by atoms with Crippen LogP contribution in [-0.2, 0) is 10.0 Å². The zero-order valence-electron chi connectivity index (χ0n) is 11.2. The molecule has 1 atom stereocenters. The summed E-state index contributed by atoms with van der Waals surface area (Å²) in [7, 11) is -3.44. The van der Waals surface area contributed by atoms with Crippen molar-refractivity contribution >= 4 is 10.0 Å². The molecule has 3 N–H and O–H groups in total. The molecular formula is C13H22N2O2S. The van der Waals surface area contributed by atoms with Gasteiger partial charge in [-0.15, -0.1) is 0 Å². The van der Waals surface area contributed by atoms with Gasteiger partial charge in [0, 0.05) is 12.6 Å². The molecular weight excluding hydrogens is 248 g/mol. The van der Waals surface area contributed by atoms with Gasteiger partial charge in [-0.05, 0) is 43.5 Å². The quantitative estimate of drug-likeness (QED) is 0.826. The molecule has 18 heavy (non-hydrogen) atoms. The van der Waals surface area contributed by atoms with E-state index in [0.29, 0.717) is 4.90 Å². The van der Waals surface area contributed by atoms with Gasteiger partial charge in [0.05, 0.1) is 4.90 Å². The topological polar surface area (TPSA) is 72.2 Å². The first kappa shape index (κ1) is 15.1. The van der Waals surface area contributed by atoms with Crippen LogP contribution in [-0.4, -0.2) is 21.0 Å². The molecule has 0 aliphatic carbocycles. The Labute approximate surface area is 110 Å². The highest BCUT2D eigenvalue weighted by atomic mass is 32.2. The van der Waals surface area contributed by atoms with Crippen molar-refractivity contribution < 1.29 is 8.42 Å². The number of aryl methyl sites for hydroxylation is 2. The van der Waals surface area contributed by atoms with Gasteiger partial charge in [-0.3, -0.25) is 0 Å². The minimum atomic E-state index is -3.44. The van der Waals surface area contributed by atoms with Crippen LogP contribution in [0.15, 0.2) is 23.1 Å². The second kappa shape index (κ2) is 6.31. The number of sulfonamides is 1. The van der Waals surface area contributed by atoms with Crippen molar-refractivity contribution in [2.75, 3.05) is 6.54 Å². The van der Waals surface area contributed by atoms with Gasteiger partial charge in [0.2, 0.25) is 10.0 Å². The van der Waals surface area contributed by atoms with Gasteiger partial charge >= 0.3 is 0 Å². The summed E-state index contributed by atoms with van der Waals surface area (Å²) >= 11 is 0. The molecule has 0 heterocycles. The average molecular weight is 270 g/mol. The lowest BCUT2D eigenvalue weighted by Gasteiger charge is -2.12. The van der Waals surface area contributed by atoms with Gasteiger partial charge in [0.1, 0.15) is 0 Å². The van der Waals surface area contributed by atoms with Crippen molar-refractivity contribution in [2.45, 2.75) is 44.6 Å². The number of hydrogen-bond donors (Lipinski definition) is 2. The number of nitrogens with one attached hydrogen (secondary N) is 1. The van der Waals surface area contributed by atoms with E-state index in [9.17, 15) is 8.42 Å². The van der Waals surface area contributed by atoms with Crippen LogP contribution in [0.4, 0.5) is 0 Å². The molecule has 1 rings (SSSR count). The van der Waals surface area contributed by atoms with Gasteiger partial charge in [-0.2, -0.15) is 0 Å². The molecule has 0 radical (unpaired) electrons. The van der Waals surface area contributed by atoms with Crippen LogP contribution >= 0.6 is 0 Å². The van der Waals surface area contributed by atoms with E-state index in [4.69, 9.17) is 5.73 Å². The SMILES string of the molecule is CCCC(N)CNS(=O)(=O)c1ccc(C)c(C)c1. The Bertz CT molecular complexity index is 498. The molecule has 0 bridgehead atoms. The summed E-state index contributed by atoms with van der Waals surface area (Å²) in [4.78, 5) is 0.300. The molecule has 4 nitrogen and oxygen atoms in total. The van der Waals surface area contributed by atoms with Crippen molar-refractivity contribution in [1.82, 2.24) is 4.72 Å². The molecule has 5 heteroatoms. The normalized spacial score (nSPS) is 13.6. The van der Waals surface area contributed by atoms with Crippen LogP contribution in [0.25, 0.3) is 0 Å². The molecule has 0 saturated heterocycles. The molecule has 0 aromatic heterocycles. The van der Waals surface area contributed by atoms with E-state index in [0.717, 1.165) is 24.0 Å². The second-order valence-corrected chi connectivity index (χ2v) is 6.41. The Morgan fingerprint density at radius 3 is 2.50 bits per heavy atom. The lowest BCUT2D eigenvalue weighted by molar-refractivity contribution is 0.552. The fourth-order valence-electron chi connectivity index (χ4n) is 1.65. The maximum atomic E-state index is 12.0. The summed E-state index contributed by atoms with van der Waals surface area (Å²) in [5.41, 5.74) is 7.85. The van der Waals surface area contributed by atoms with Gasteiger partial charge < -0.3 is 5.73 Å². The molecule has 0 aliphatic heterocycles. The fourth-order valence-corrected chi connectivity index (χ4v) is 2.83. The summed E-state index contributed by atoms with van der Waals surface area (Å²) in [6, 6.07) is 4.99. The minimum Gasteiger partial charge on any atom is -0.327 e. The van der Waals surface area contributed by atoms with E-state index in [1.807, 2.05) is 26.8 Å². The van der Waals surface area contributed by atoms with Crippen molar-refractivity contribution in [3.63, 3.8) is 0 Å². The van der Waals surface area contributed by atoms with Crippen LogP contribution in [0.1, 0.15) is 30.9 Å². The summed E-state index contributed by atoms with van der Waals surface area (Å²) in [6.07, 6.45) is 1.77. The van der Waals surface area contributed by atoms with E-state index >= 15 is 0 Å². The lowest BCUT2D eigenvalue weighted by Crippen LogP contribution is -2.37. The molecule has 1 unspecified atom stereocenters. The van der Waals surface area contributed by atoms with E-state index in [2.05, 4.69) is 4.72 Å². The van der Waals surface area contributed by atoms with E-state index in [-0.39, 0.29) is 12.6 Å². The zero-order valence-corrected chi connectivity index (χ0v) is 12.0. The predicted molar refractivity (Wildman–Crippen MR) is 74.0 cm³/mol. The number of hydrogen-bond acceptors (Lipinski definition) is 3. The van der Waals surface area contributed by atoms with E-state index in [1.165, 1.54) is 0 Å². The zero-order chi connectivity index (χ0) is 13.8. The first-order valence-electron chi connectivity index (χ1n) is 6.19. The van der Waals surface area contributed by atoms with Crippen molar-refractivity contribution in [2.24, 2.45) is 5.73 Å². The monoisotopic (exact) mass is 270 g/mol. The Balaban J connectivity index is 2.77. The third-order valence-corrected chi connectivity index (χ3v) is 4.40. The van der Waals surface area contributed by atoms with Gasteiger partial charge in [0.25, 0.3) is 0 Å². The average Bonchev–Trinajstić information content (AvgIpc) is 2.30. The van der Waals surface area contributed by atoms with E-state index in [1.54, 1.807) is 12.1 Å². The molecule has 1 aromatic rings. The standard InChI is InChI=1S/C13H22N2O2S/c1-4-5-12(14)9-15-18(16,17)13-7-6-10(2)11(3)8-13/h6-8,12,15H,4-5,9,14H2,1-3H3. The summed E-state index contributed by atoms with van der Waals surface area (Å²) in [5.74, 6) is 0. The smallest absolute Gasteiger partial charge is 0.240 e. The summed E-state index contributed by atoms with van der Waals surface area (Å²) in [5, 5.41) is 0. The summed E-state index contributed by atoms with van der Waals surface area (Å²) < 4.78 is 26.6. The van der Waals surface area contributed by atoms with Crippen LogP contribution in [0, 0.1) is 13.8 Å². The minimum absolute atomic E-state index is 0.128. The highest BCUT2D eigenvalue weighted by molar-refractivity contribution is 7.89. The van der Waals surface area contributed by atoms with Crippen molar-refractivity contribution in [1.29, 1.82) is 0 Å². The first-order chi connectivity index (χ1) is 8.36. The van der Waals surface area contributed by atoms with Gasteiger partial charge in [0.15, 0.2) is 0 Å². The third kappa shape index (κ3) is 4.08. The molecule has 0 amide bonds. The van der Waals surface area contributed by atoms with Crippen molar-refractivity contribution in [3.05, 3.63) is 29.3 Å². The largest absolute Gasteiger partial charge is 0.327 e. The first-order valence-corrected chi connectivity index (χ1v) is 7.67. The fraction of sp³-hybridized carbons (Fsp3) is 0.538. The highest BCUT2D eigenvalue weighted by Gasteiger charge is 2.15. The Morgan fingerprint density at radius 1 is 1.28 bits per heavy atom. The summed E-state index contributed by atoms with van der Waals surface area (Å²) in [6.45, 7) is 6.16. The van der Waals surface area contributed by atoms with Gasteiger partial charge in [-0.1, -0.05) is 19.4 Å². The highest BCUT2D eigenvalue weighted by Crippen LogP contribution is 2.14. The van der Waals surface area contributed by atoms with E-state index < -0.39 is 10.0 Å². The number of benzene rings is 1. The van der Waals surface area contributed by atoms with Crippen LogP contribution < -0.4 is 10.5 Å². The third-order valence-electron chi connectivity index (χ3n) is 2.98. The van der Waals surface area contributed by atoms with Gasteiger partial charge in [-0.25, -0.2) is 13.1 Å². The maximum Gasteiger partial charge on any atom is 0.240 e. The van der Waals surface area contributed by atoms with Crippen LogP contribution in [0.3, 0.4) is 0 Å². The molecule has 0 spiro atoms. The molecule has 0 fully saturated rings. The predicted octanol–water partition coefficient (Wildman–Crippen LogP) is 1.71. The lowest BCUT2D eigenvalue weighted by atomic mass is 10.1. The molecule has 0 aliphatic rings. The van der Waals surface area contributed by atoms with Crippen LogP contribution in [0.2, 0.25) is 0 Å². The maximum absolute atomic E-state index is 12.0. The molecule has 102 valence electrons. The second-order valence-electron chi connectivity index (χ2n) is 4.65. The molecule has 0 saturated carbocycles. The van der Waals surface area contributed by atoms with Crippen molar-refractivity contribution in [3.8, 4) is 0 Å². The Kier molecular flexibility index (Phi) is 5.31. The number of nitrogens with two attached hydrogens (primary N) is 1. The molecule has 1 aromatic carbocycles. The number of rotatable bonds is 6.